The monoisotopic (exact) mass is 225 g/mol. The largest absolute Gasteiger partial charge is 0.357 e. The molecule has 3 heteroatoms. The molecular weight excluding hydrogens is 198 g/mol. The van der Waals surface area contributed by atoms with Gasteiger partial charge >= 0.3 is 0 Å². The Morgan fingerprint density at radius 2 is 1.94 bits per heavy atom. The molecule has 1 saturated carbocycles. The minimum atomic E-state index is 0.646. The van der Waals surface area contributed by atoms with Crippen molar-refractivity contribution in [2.24, 2.45) is 4.99 Å². The Morgan fingerprint density at radius 3 is 2.56 bits per heavy atom. The minimum absolute atomic E-state index is 0.646. The molecule has 0 unspecified atom stereocenters. The lowest BCUT2D eigenvalue weighted by Gasteiger charge is -2.24. The second-order valence-electron chi connectivity index (χ2n) is 4.59. The van der Waals surface area contributed by atoms with Crippen LogP contribution in [0.2, 0.25) is 0 Å². The van der Waals surface area contributed by atoms with Crippen LogP contribution in [0.3, 0.4) is 0 Å². The molecule has 1 rings (SSSR count). The molecule has 0 aromatic heterocycles. The van der Waals surface area contributed by atoms with Crippen molar-refractivity contribution in [3.05, 3.63) is 0 Å². The van der Waals surface area contributed by atoms with Gasteiger partial charge in [0.15, 0.2) is 5.96 Å². The Balaban J connectivity index is 2.33. The molecule has 0 aromatic carbocycles. The van der Waals surface area contributed by atoms with Gasteiger partial charge in [0.25, 0.3) is 0 Å². The predicted octanol–water partition coefficient (Wildman–Crippen LogP) is 2.67. The van der Waals surface area contributed by atoms with E-state index >= 15 is 0 Å². The maximum atomic E-state index is 4.59. The molecule has 0 aromatic rings. The number of guanidine groups is 1. The average molecular weight is 225 g/mol. The van der Waals surface area contributed by atoms with Crippen LogP contribution in [0.4, 0.5) is 0 Å². The lowest BCUT2D eigenvalue weighted by molar-refractivity contribution is 0.410. The van der Waals surface area contributed by atoms with E-state index in [-0.39, 0.29) is 0 Å². The SMILES string of the molecule is CCCCN=C(NCC)NC1CCCCC1. The van der Waals surface area contributed by atoms with Crippen molar-refractivity contribution in [1.29, 1.82) is 0 Å². The van der Waals surface area contributed by atoms with E-state index in [0.717, 1.165) is 19.0 Å². The van der Waals surface area contributed by atoms with Gasteiger partial charge in [-0.2, -0.15) is 0 Å². The summed E-state index contributed by atoms with van der Waals surface area (Å²) >= 11 is 0. The zero-order valence-electron chi connectivity index (χ0n) is 10.9. The Kier molecular flexibility index (Phi) is 7.02. The smallest absolute Gasteiger partial charge is 0.191 e. The molecule has 2 N–H and O–H groups in total. The average Bonchev–Trinajstić information content (AvgIpc) is 2.31. The van der Waals surface area contributed by atoms with Gasteiger partial charge in [0.1, 0.15) is 0 Å². The molecular formula is C13H27N3. The molecule has 94 valence electrons. The molecule has 1 fully saturated rings. The standard InChI is InChI=1S/C13H27N3/c1-3-5-11-15-13(14-4-2)16-12-9-7-6-8-10-12/h12H,3-11H2,1-2H3,(H2,14,15,16). The third-order valence-electron chi connectivity index (χ3n) is 3.07. The summed E-state index contributed by atoms with van der Waals surface area (Å²) in [5, 5.41) is 6.88. The van der Waals surface area contributed by atoms with Crippen molar-refractivity contribution in [2.75, 3.05) is 13.1 Å². The van der Waals surface area contributed by atoms with Crippen LogP contribution in [-0.4, -0.2) is 25.1 Å². The molecule has 1 aliphatic rings. The van der Waals surface area contributed by atoms with Gasteiger partial charge in [-0.1, -0.05) is 32.6 Å². The Bertz CT molecular complexity index is 195. The highest BCUT2D eigenvalue weighted by Gasteiger charge is 2.13. The second-order valence-corrected chi connectivity index (χ2v) is 4.59. The molecule has 0 radical (unpaired) electrons. The number of aliphatic imine (C=N–C) groups is 1. The Morgan fingerprint density at radius 1 is 1.19 bits per heavy atom. The highest BCUT2D eigenvalue weighted by molar-refractivity contribution is 5.80. The highest BCUT2D eigenvalue weighted by Crippen LogP contribution is 2.17. The first-order valence-corrected chi connectivity index (χ1v) is 6.91. The van der Waals surface area contributed by atoms with E-state index in [1.807, 2.05) is 0 Å². The van der Waals surface area contributed by atoms with E-state index in [9.17, 15) is 0 Å². The molecule has 0 spiro atoms. The predicted molar refractivity (Wildman–Crippen MR) is 70.9 cm³/mol. The van der Waals surface area contributed by atoms with Gasteiger partial charge in [0.05, 0.1) is 0 Å². The van der Waals surface area contributed by atoms with Crippen LogP contribution in [-0.2, 0) is 0 Å². The molecule has 0 aliphatic heterocycles. The molecule has 0 amide bonds. The summed E-state index contributed by atoms with van der Waals surface area (Å²) in [6.45, 7) is 6.22. The Labute approximate surface area is 100 Å². The lowest BCUT2D eigenvalue weighted by Crippen LogP contribution is -2.44. The summed E-state index contributed by atoms with van der Waals surface area (Å²) in [7, 11) is 0. The van der Waals surface area contributed by atoms with Crippen molar-refractivity contribution in [3.63, 3.8) is 0 Å². The zero-order valence-corrected chi connectivity index (χ0v) is 10.9. The molecule has 1 aliphatic carbocycles. The van der Waals surface area contributed by atoms with E-state index < -0.39 is 0 Å². The molecule has 0 bridgehead atoms. The molecule has 0 saturated heterocycles. The topological polar surface area (TPSA) is 36.4 Å². The number of unbranched alkanes of at least 4 members (excludes halogenated alkanes) is 1. The van der Waals surface area contributed by atoms with E-state index in [1.165, 1.54) is 44.9 Å². The van der Waals surface area contributed by atoms with Gasteiger partial charge in [-0.05, 0) is 26.2 Å². The Hall–Kier alpha value is -0.730. The van der Waals surface area contributed by atoms with Crippen molar-refractivity contribution in [3.8, 4) is 0 Å². The number of rotatable bonds is 5. The first-order valence-electron chi connectivity index (χ1n) is 6.91. The summed E-state index contributed by atoms with van der Waals surface area (Å²) in [6.07, 6.45) is 9.14. The van der Waals surface area contributed by atoms with Gasteiger partial charge < -0.3 is 10.6 Å². The number of nitrogens with zero attached hydrogens (tertiary/aromatic N) is 1. The molecule has 0 atom stereocenters. The maximum Gasteiger partial charge on any atom is 0.191 e. The van der Waals surface area contributed by atoms with Gasteiger partial charge in [0, 0.05) is 19.1 Å². The summed E-state index contributed by atoms with van der Waals surface area (Å²) < 4.78 is 0. The molecule has 3 nitrogen and oxygen atoms in total. The number of hydrogen-bond donors (Lipinski definition) is 2. The first kappa shape index (κ1) is 13.3. The normalized spacial score (nSPS) is 18.5. The maximum absolute atomic E-state index is 4.59. The van der Waals surface area contributed by atoms with E-state index in [2.05, 4.69) is 29.5 Å². The van der Waals surface area contributed by atoms with Crippen molar-refractivity contribution in [2.45, 2.75) is 64.8 Å². The highest BCUT2D eigenvalue weighted by atomic mass is 15.2. The van der Waals surface area contributed by atoms with E-state index in [0.29, 0.717) is 6.04 Å². The second kappa shape index (κ2) is 8.43. The van der Waals surface area contributed by atoms with E-state index in [1.54, 1.807) is 0 Å². The van der Waals surface area contributed by atoms with Crippen LogP contribution in [0.15, 0.2) is 4.99 Å². The number of hydrogen-bond acceptors (Lipinski definition) is 1. The third kappa shape index (κ3) is 5.38. The lowest BCUT2D eigenvalue weighted by atomic mass is 9.96. The third-order valence-corrected chi connectivity index (χ3v) is 3.07. The fourth-order valence-corrected chi connectivity index (χ4v) is 2.11. The summed E-state index contributed by atoms with van der Waals surface area (Å²) in [4.78, 5) is 4.59. The van der Waals surface area contributed by atoms with Crippen LogP contribution in [0.5, 0.6) is 0 Å². The fourth-order valence-electron chi connectivity index (χ4n) is 2.11. The van der Waals surface area contributed by atoms with Crippen molar-refractivity contribution < 1.29 is 0 Å². The zero-order chi connectivity index (χ0) is 11.6. The molecule has 0 heterocycles. The molecule has 16 heavy (non-hydrogen) atoms. The summed E-state index contributed by atoms with van der Waals surface area (Å²) in [6, 6.07) is 0.646. The summed E-state index contributed by atoms with van der Waals surface area (Å²) in [5.74, 6) is 1.02. The fraction of sp³-hybridized carbons (Fsp3) is 0.923. The van der Waals surface area contributed by atoms with Crippen molar-refractivity contribution in [1.82, 2.24) is 10.6 Å². The van der Waals surface area contributed by atoms with Gasteiger partial charge in [-0.25, -0.2) is 0 Å². The van der Waals surface area contributed by atoms with Crippen LogP contribution >= 0.6 is 0 Å². The number of nitrogens with one attached hydrogen (secondary N) is 2. The van der Waals surface area contributed by atoms with Crippen LogP contribution in [0, 0.1) is 0 Å². The summed E-state index contributed by atoms with van der Waals surface area (Å²) in [5.41, 5.74) is 0. The van der Waals surface area contributed by atoms with E-state index in [4.69, 9.17) is 0 Å². The van der Waals surface area contributed by atoms with Gasteiger partial charge in [-0.15, -0.1) is 0 Å². The quantitative estimate of drug-likeness (QED) is 0.429. The van der Waals surface area contributed by atoms with Gasteiger partial charge in [0.2, 0.25) is 0 Å². The van der Waals surface area contributed by atoms with Crippen LogP contribution < -0.4 is 10.6 Å². The first-order chi connectivity index (χ1) is 7.86. The minimum Gasteiger partial charge on any atom is -0.357 e. The van der Waals surface area contributed by atoms with Crippen LogP contribution in [0.1, 0.15) is 58.8 Å². The van der Waals surface area contributed by atoms with Crippen molar-refractivity contribution >= 4 is 5.96 Å². The van der Waals surface area contributed by atoms with Crippen LogP contribution in [0.25, 0.3) is 0 Å². The van der Waals surface area contributed by atoms with Gasteiger partial charge in [-0.3, -0.25) is 4.99 Å².